The van der Waals surface area contributed by atoms with E-state index in [0.29, 0.717) is 5.92 Å². The second-order valence-electron chi connectivity index (χ2n) is 4.18. The van der Waals surface area contributed by atoms with E-state index in [1.54, 1.807) is 0 Å². The van der Waals surface area contributed by atoms with Crippen molar-refractivity contribution in [2.24, 2.45) is 11.8 Å². The summed E-state index contributed by atoms with van der Waals surface area (Å²) in [6.07, 6.45) is 9.48. The van der Waals surface area contributed by atoms with Crippen LogP contribution in [-0.2, 0) is 4.79 Å². The van der Waals surface area contributed by atoms with Gasteiger partial charge < -0.3 is 4.90 Å². The predicted molar refractivity (Wildman–Crippen MR) is 58.9 cm³/mol. The maximum atomic E-state index is 11.6. The zero-order valence-corrected chi connectivity index (χ0v) is 9.23. The molecule has 0 saturated carbocycles. The van der Waals surface area contributed by atoms with Crippen LogP contribution in [0.3, 0.4) is 0 Å². The van der Waals surface area contributed by atoms with E-state index in [0.717, 1.165) is 13.0 Å². The average Bonchev–Trinajstić information content (AvgIpc) is 2.18. The lowest BCUT2D eigenvalue weighted by Gasteiger charge is -2.23. The van der Waals surface area contributed by atoms with Crippen molar-refractivity contribution in [1.82, 2.24) is 4.90 Å². The van der Waals surface area contributed by atoms with Crippen LogP contribution in [0.25, 0.3) is 0 Å². The molecule has 78 valence electrons. The molecule has 0 aromatic carbocycles. The van der Waals surface area contributed by atoms with E-state index in [9.17, 15) is 4.79 Å². The summed E-state index contributed by atoms with van der Waals surface area (Å²) in [5.41, 5.74) is 0. The third-order valence-corrected chi connectivity index (χ3v) is 2.45. The van der Waals surface area contributed by atoms with Crippen LogP contribution >= 0.6 is 0 Å². The van der Waals surface area contributed by atoms with E-state index < -0.39 is 0 Å². The first-order chi connectivity index (χ1) is 6.61. The molecule has 0 aromatic rings. The smallest absolute Gasteiger partial charge is 0.224 e. The Balaban J connectivity index is 2.40. The van der Waals surface area contributed by atoms with Crippen molar-refractivity contribution in [2.75, 3.05) is 13.6 Å². The monoisotopic (exact) mass is 193 g/mol. The van der Waals surface area contributed by atoms with E-state index >= 15 is 0 Å². The van der Waals surface area contributed by atoms with Crippen LogP contribution in [0.1, 0.15) is 20.3 Å². The normalized spacial score (nSPS) is 20.1. The van der Waals surface area contributed by atoms with Gasteiger partial charge in [-0.05, 0) is 12.3 Å². The van der Waals surface area contributed by atoms with Gasteiger partial charge in [0.15, 0.2) is 0 Å². The topological polar surface area (TPSA) is 20.3 Å². The van der Waals surface area contributed by atoms with Gasteiger partial charge in [0, 0.05) is 19.5 Å². The third kappa shape index (κ3) is 3.02. The molecule has 1 aliphatic rings. The van der Waals surface area contributed by atoms with Crippen molar-refractivity contribution in [1.29, 1.82) is 0 Å². The number of rotatable bonds is 3. The molecule has 0 heterocycles. The molecule has 1 atom stereocenters. The fraction of sp³-hybridized carbons (Fsp3) is 0.583. The minimum atomic E-state index is 0.100. The number of amides is 1. The lowest BCUT2D eigenvalue weighted by atomic mass is 10.00. The Kier molecular flexibility index (Phi) is 3.93. The fourth-order valence-corrected chi connectivity index (χ4v) is 1.65. The second-order valence-corrected chi connectivity index (χ2v) is 4.18. The molecule has 1 unspecified atom stereocenters. The average molecular weight is 193 g/mol. The van der Waals surface area contributed by atoms with E-state index in [2.05, 4.69) is 24.3 Å². The van der Waals surface area contributed by atoms with Crippen LogP contribution in [0.15, 0.2) is 24.3 Å². The first-order valence-corrected chi connectivity index (χ1v) is 5.19. The minimum absolute atomic E-state index is 0.100. The SMILES string of the molecule is CC(C)C(=O)N(C)CC1C=CC=CC1. The van der Waals surface area contributed by atoms with Gasteiger partial charge in [0.25, 0.3) is 0 Å². The Morgan fingerprint density at radius 1 is 1.50 bits per heavy atom. The molecule has 0 saturated heterocycles. The van der Waals surface area contributed by atoms with E-state index in [4.69, 9.17) is 0 Å². The summed E-state index contributed by atoms with van der Waals surface area (Å²) in [4.78, 5) is 13.4. The highest BCUT2D eigenvalue weighted by Crippen LogP contribution is 2.13. The van der Waals surface area contributed by atoms with Crippen molar-refractivity contribution in [3.05, 3.63) is 24.3 Å². The highest BCUT2D eigenvalue weighted by Gasteiger charge is 2.16. The van der Waals surface area contributed by atoms with E-state index in [-0.39, 0.29) is 11.8 Å². The Morgan fingerprint density at radius 3 is 2.71 bits per heavy atom. The van der Waals surface area contributed by atoms with Crippen molar-refractivity contribution < 1.29 is 4.79 Å². The Labute approximate surface area is 86.3 Å². The summed E-state index contributed by atoms with van der Waals surface area (Å²) in [6, 6.07) is 0. The summed E-state index contributed by atoms with van der Waals surface area (Å²) in [5, 5.41) is 0. The summed E-state index contributed by atoms with van der Waals surface area (Å²) >= 11 is 0. The zero-order valence-electron chi connectivity index (χ0n) is 9.23. The molecular weight excluding hydrogens is 174 g/mol. The van der Waals surface area contributed by atoms with Crippen LogP contribution in [-0.4, -0.2) is 24.4 Å². The Morgan fingerprint density at radius 2 is 2.21 bits per heavy atom. The molecular formula is C12H19NO. The quantitative estimate of drug-likeness (QED) is 0.673. The number of allylic oxidation sites excluding steroid dienone is 3. The lowest BCUT2D eigenvalue weighted by Crippen LogP contribution is -2.34. The van der Waals surface area contributed by atoms with Gasteiger partial charge in [-0.15, -0.1) is 0 Å². The highest BCUT2D eigenvalue weighted by atomic mass is 16.2. The standard InChI is InChI=1S/C12H19NO/c1-10(2)12(14)13(3)9-11-7-5-4-6-8-11/h4-7,10-11H,8-9H2,1-3H3. The summed E-state index contributed by atoms with van der Waals surface area (Å²) in [6.45, 7) is 4.71. The second kappa shape index (κ2) is 4.99. The third-order valence-electron chi connectivity index (χ3n) is 2.45. The molecule has 1 rings (SSSR count). The molecule has 0 spiro atoms. The first-order valence-electron chi connectivity index (χ1n) is 5.19. The van der Waals surface area contributed by atoms with Gasteiger partial charge in [0.05, 0.1) is 0 Å². The summed E-state index contributed by atoms with van der Waals surface area (Å²) in [7, 11) is 1.88. The van der Waals surface area contributed by atoms with Gasteiger partial charge in [-0.25, -0.2) is 0 Å². The van der Waals surface area contributed by atoms with Gasteiger partial charge in [-0.1, -0.05) is 38.2 Å². The van der Waals surface area contributed by atoms with Gasteiger partial charge in [0.1, 0.15) is 0 Å². The summed E-state index contributed by atoms with van der Waals surface area (Å²) < 4.78 is 0. The largest absolute Gasteiger partial charge is 0.345 e. The number of hydrogen-bond donors (Lipinski definition) is 0. The van der Waals surface area contributed by atoms with Crippen LogP contribution in [0.2, 0.25) is 0 Å². The van der Waals surface area contributed by atoms with Crippen molar-refractivity contribution in [2.45, 2.75) is 20.3 Å². The minimum Gasteiger partial charge on any atom is -0.345 e. The molecule has 0 aliphatic heterocycles. The van der Waals surface area contributed by atoms with Crippen LogP contribution < -0.4 is 0 Å². The number of nitrogens with zero attached hydrogens (tertiary/aromatic N) is 1. The fourth-order valence-electron chi connectivity index (χ4n) is 1.65. The van der Waals surface area contributed by atoms with Gasteiger partial charge >= 0.3 is 0 Å². The zero-order chi connectivity index (χ0) is 10.6. The molecule has 0 radical (unpaired) electrons. The molecule has 2 heteroatoms. The maximum absolute atomic E-state index is 11.6. The number of hydrogen-bond acceptors (Lipinski definition) is 1. The van der Waals surface area contributed by atoms with Gasteiger partial charge in [-0.2, -0.15) is 0 Å². The molecule has 0 aromatic heterocycles. The van der Waals surface area contributed by atoms with Gasteiger partial charge in [0.2, 0.25) is 5.91 Å². The van der Waals surface area contributed by atoms with Crippen molar-refractivity contribution in [3.63, 3.8) is 0 Å². The molecule has 0 N–H and O–H groups in total. The molecule has 0 bridgehead atoms. The van der Waals surface area contributed by atoms with E-state index in [1.165, 1.54) is 0 Å². The first kappa shape index (κ1) is 11.0. The molecule has 14 heavy (non-hydrogen) atoms. The molecule has 0 fully saturated rings. The maximum Gasteiger partial charge on any atom is 0.224 e. The van der Waals surface area contributed by atoms with Gasteiger partial charge in [-0.3, -0.25) is 4.79 Å². The Hall–Kier alpha value is -1.05. The Bertz CT molecular complexity index is 253. The number of carbonyl (C=O) groups is 1. The lowest BCUT2D eigenvalue weighted by molar-refractivity contribution is -0.133. The van der Waals surface area contributed by atoms with Crippen molar-refractivity contribution >= 4 is 5.91 Å². The predicted octanol–water partition coefficient (Wildman–Crippen LogP) is 2.23. The van der Waals surface area contributed by atoms with Crippen LogP contribution in [0.5, 0.6) is 0 Å². The molecule has 1 aliphatic carbocycles. The highest BCUT2D eigenvalue weighted by molar-refractivity contribution is 5.77. The molecule has 1 amide bonds. The van der Waals surface area contributed by atoms with Crippen LogP contribution in [0, 0.1) is 11.8 Å². The van der Waals surface area contributed by atoms with E-state index in [1.807, 2.05) is 25.8 Å². The van der Waals surface area contributed by atoms with Crippen molar-refractivity contribution in [3.8, 4) is 0 Å². The molecule has 2 nitrogen and oxygen atoms in total. The number of carbonyl (C=O) groups excluding carboxylic acids is 1. The van der Waals surface area contributed by atoms with Crippen LogP contribution in [0.4, 0.5) is 0 Å². The summed E-state index contributed by atoms with van der Waals surface area (Å²) in [5.74, 6) is 0.823.